The van der Waals surface area contributed by atoms with E-state index in [2.05, 4.69) is 31.0 Å². The van der Waals surface area contributed by atoms with E-state index in [1.165, 1.54) is 6.42 Å². The van der Waals surface area contributed by atoms with Crippen LogP contribution in [0.2, 0.25) is 0 Å². The fourth-order valence-electron chi connectivity index (χ4n) is 4.31. The van der Waals surface area contributed by atoms with Crippen LogP contribution in [0, 0.1) is 17.3 Å². The summed E-state index contributed by atoms with van der Waals surface area (Å²) in [5.74, 6) is 0.564. The second-order valence-corrected chi connectivity index (χ2v) is 8.13. The van der Waals surface area contributed by atoms with Crippen molar-refractivity contribution in [3.05, 3.63) is 0 Å². The molecule has 2 amide bonds. The van der Waals surface area contributed by atoms with Crippen molar-refractivity contribution in [1.29, 1.82) is 0 Å². The molecule has 1 heterocycles. The fourth-order valence-corrected chi connectivity index (χ4v) is 4.31. The van der Waals surface area contributed by atoms with E-state index in [4.69, 9.17) is 5.73 Å². The Morgan fingerprint density at radius 2 is 1.86 bits per heavy atom. The number of likely N-dealkylation sites (tertiary alicyclic amines) is 1. The molecule has 2 rings (SSSR count). The molecule has 2 aliphatic rings. The minimum Gasteiger partial charge on any atom is -0.369 e. The normalized spacial score (nSPS) is 30.0. The van der Waals surface area contributed by atoms with E-state index < -0.39 is 0 Å². The van der Waals surface area contributed by atoms with Gasteiger partial charge in [-0.1, -0.05) is 20.8 Å². The Morgan fingerprint density at radius 3 is 2.41 bits per heavy atom. The molecule has 2 unspecified atom stereocenters. The highest BCUT2D eigenvalue weighted by Crippen LogP contribution is 2.38. The Labute approximate surface area is 134 Å². The van der Waals surface area contributed by atoms with E-state index in [0.717, 1.165) is 38.8 Å². The number of hydrogen-bond acceptors (Lipinski definition) is 3. The predicted octanol–water partition coefficient (Wildman–Crippen LogP) is 1.51. The predicted molar refractivity (Wildman–Crippen MR) is 87.1 cm³/mol. The first-order chi connectivity index (χ1) is 10.2. The number of carbonyl (C=O) groups excluding carboxylic acids is 2. The molecule has 5 heteroatoms. The molecule has 1 aliphatic heterocycles. The third-order valence-electron chi connectivity index (χ3n) is 5.11. The van der Waals surface area contributed by atoms with Crippen LogP contribution in [0.1, 0.15) is 52.9 Å². The van der Waals surface area contributed by atoms with Gasteiger partial charge < -0.3 is 11.1 Å². The van der Waals surface area contributed by atoms with Gasteiger partial charge in [-0.05, 0) is 56.5 Å². The van der Waals surface area contributed by atoms with Gasteiger partial charge in [-0.15, -0.1) is 0 Å². The molecule has 3 N–H and O–H groups in total. The van der Waals surface area contributed by atoms with Crippen LogP contribution in [0.3, 0.4) is 0 Å². The van der Waals surface area contributed by atoms with E-state index in [-0.39, 0.29) is 17.7 Å². The van der Waals surface area contributed by atoms with Crippen molar-refractivity contribution in [2.45, 2.75) is 58.9 Å². The number of carbonyl (C=O) groups is 2. The molecule has 5 nitrogen and oxygen atoms in total. The first-order valence-corrected chi connectivity index (χ1v) is 8.56. The van der Waals surface area contributed by atoms with Crippen LogP contribution in [0.5, 0.6) is 0 Å². The lowest BCUT2D eigenvalue weighted by molar-refractivity contribution is -0.125. The Morgan fingerprint density at radius 1 is 1.23 bits per heavy atom. The van der Waals surface area contributed by atoms with Crippen molar-refractivity contribution in [3.63, 3.8) is 0 Å². The lowest BCUT2D eigenvalue weighted by Gasteiger charge is -2.39. The maximum Gasteiger partial charge on any atom is 0.234 e. The van der Waals surface area contributed by atoms with E-state index in [9.17, 15) is 9.59 Å². The molecule has 0 bridgehead atoms. The summed E-state index contributed by atoms with van der Waals surface area (Å²) in [6, 6.07) is 0.300. The van der Waals surface area contributed by atoms with Gasteiger partial charge in [0.2, 0.25) is 11.8 Å². The number of nitrogens with one attached hydrogen (secondary N) is 1. The highest BCUT2D eigenvalue weighted by molar-refractivity contribution is 5.78. The summed E-state index contributed by atoms with van der Waals surface area (Å²) in [6.07, 6.45) is 4.93. The average molecular weight is 309 g/mol. The smallest absolute Gasteiger partial charge is 0.234 e. The SMILES string of the molecule is CC1CC(NC(=O)CN2CCC(C(N)=O)CC2)CC(C)(C)C1. The maximum absolute atomic E-state index is 12.3. The Hall–Kier alpha value is -1.10. The second kappa shape index (κ2) is 6.99. The number of hydrogen-bond donors (Lipinski definition) is 2. The molecule has 0 aromatic carbocycles. The number of rotatable bonds is 4. The minimum absolute atomic E-state index is 0.0145. The molecular formula is C17H31N3O2. The average Bonchev–Trinajstić information content (AvgIpc) is 2.36. The van der Waals surface area contributed by atoms with Gasteiger partial charge >= 0.3 is 0 Å². The maximum atomic E-state index is 12.3. The van der Waals surface area contributed by atoms with Crippen LogP contribution in [-0.2, 0) is 9.59 Å². The van der Waals surface area contributed by atoms with Crippen molar-refractivity contribution in [2.24, 2.45) is 23.0 Å². The molecule has 0 aromatic rings. The van der Waals surface area contributed by atoms with Crippen molar-refractivity contribution in [1.82, 2.24) is 10.2 Å². The second-order valence-electron chi connectivity index (χ2n) is 8.13. The van der Waals surface area contributed by atoms with Crippen molar-refractivity contribution < 1.29 is 9.59 Å². The molecule has 0 spiro atoms. The summed E-state index contributed by atoms with van der Waals surface area (Å²) >= 11 is 0. The molecule has 1 saturated carbocycles. The topological polar surface area (TPSA) is 75.4 Å². The van der Waals surface area contributed by atoms with Gasteiger partial charge in [0.05, 0.1) is 6.54 Å². The van der Waals surface area contributed by atoms with Gasteiger partial charge in [0.15, 0.2) is 0 Å². The van der Waals surface area contributed by atoms with Crippen LogP contribution < -0.4 is 11.1 Å². The van der Waals surface area contributed by atoms with E-state index >= 15 is 0 Å². The Kier molecular flexibility index (Phi) is 5.48. The molecule has 0 aromatic heterocycles. The Bertz CT molecular complexity index is 414. The van der Waals surface area contributed by atoms with Gasteiger partial charge in [-0.2, -0.15) is 0 Å². The monoisotopic (exact) mass is 309 g/mol. The number of amides is 2. The zero-order chi connectivity index (χ0) is 16.3. The molecule has 126 valence electrons. The third-order valence-corrected chi connectivity index (χ3v) is 5.11. The third kappa shape index (κ3) is 4.97. The van der Waals surface area contributed by atoms with E-state index in [1.54, 1.807) is 0 Å². The molecule has 1 aliphatic carbocycles. The standard InChI is InChI=1S/C17H31N3O2/c1-12-8-14(10-17(2,3)9-12)19-15(21)11-20-6-4-13(5-7-20)16(18)22/h12-14H,4-11H2,1-3H3,(H2,18,22)(H,19,21). The van der Waals surface area contributed by atoms with Crippen LogP contribution in [0.25, 0.3) is 0 Å². The van der Waals surface area contributed by atoms with Crippen molar-refractivity contribution >= 4 is 11.8 Å². The van der Waals surface area contributed by atoms with Crippen LogP contribution >= 0.6 is 0 Å². The molecule has 1 saturated heterocycles. The van der Waals surface area contributed by atoms with Gasteiger partial charge in [0, 0.05) is 12.0 Å². The molecule has 2 atom stereocenters. The summed E-state index contributed by atoms with van der Waals surface area (Å²) in [4.78, 5) is 25.6. The number of nitrogens with zero attached hydrogens (tertiary/aromatic N) is 1. The van der Waals surface area contributed by atoms with Crippen LogP contribution in [0.4, 0.5) is 0 Å². The van der Waals surface area contributed by atoms with Crippen LogP contribution in [0.15, 0.2) is 0 Å². The van der Waals surface area contributed by atoms with Gasteiger partial charge in [-0.3, -0.25) is 14.5 Å². The molecule has 0 radical (unpaired) electrons. The lowest BCUT2D eigenvalue weighted by atomic mass is 9.70. The summed E-state index contributed by atoms with van der Waals surface area (Å²) < 4.78 is 0. The molecular weight excluding hydrogens is 278 g/mol. The molecule has 2 fully saturated rings. The zero-order valence-corrected chi connectivity index (χ0v) is 14.2. The Balaban J connectivity index is 1.75. The van der Waals surface area contributed by atoms with E-state index in [1.807, 2.05) is 0 Å². The van der Waals surface area contributed by atoms with Crippen LogP contribution in [-0.4, -0.2) is 42.4 Å². The van der Waals surface area contributed by atoms with Gasteiger partial charge in [0.1, 0.15) is 0 Å². The summed E-state index contributed by atoms with van der Waals surface area (Å²) in [5.41, 5.74) is 5.65. The quantitative estimate of drug-likeness (QED) is 0.826. The fraction of sp³-hybridized carbons (Fsp3) is 0.882. The number of nitrogens with two attached hydrogens (primary N) is 1. The first-order valence-electron chi connectivity index (χ1n) is 8.56. The highest BCUT2D eigenvalue weighted by atomic mass is 16.2. The number of primary amides is 1. The highest BCUT2D eigenvalue weighted by Gasteiger charge is 2.33. The summed E-state index contributed by atoms with van der Waals surface area (Å²) in [5, 5.41) is 3.21. The minimum atomic E-state index is -0.206. The first kappa shape index (κ1) is 17.3. The van der Waals surface area contributed by atoms with Gasteiger partial charge in [0.25, 0.3) is 0 Å². The van der Waals surface area contributed by atoms with Crippen molar-refractivity contribution in [3.8, 4) is 0 Å². The summed E-state index contributed by atoms with van der Waals surface area (Å²) in [6.45, 7) is 8.86. The lowest BCUT2D eigenvalue weighted by Crippen LogP contribution is -2.48. The zero-order valence-electron chi connectivity index (χ0n) is 14.2. The summed E-state index contributed by atoms with van der Waals surface area (Å²) in [7, 11) is 0. The van der Waals surface area contributed by atoms with Gasteiger partial charge in [-0.25, -0.2) is 0 Å². The van der Waals surface area contributed by atoms with E-state index in [0.29, 0.717) is 23.9 Å². The largest absolute Gasteiger partial charge is 0.369 e. The molecule has 22 heavy (non-hydrogen) atoms. The number of piperidine rings is 1. The van der Waals surface area contributed by atoms with Crippen molar-refractivity contribution in [2.75, 3.05) is 19.6 Å².